The Balaban J connectivity index is 5.82. The smallest absolute Gasteiger partial charge is 0.331 e. The molecule has 0 aromatic heterocycles. The molecule has 0 aliphatic carbocycles. The molecule has 0 heterocycles. The summed E-state index contributed by atoms with van der Waals surface area (Å²) in [7, 11) is 1.69. The summed E-state index contributed by atoms with van der Waals surface area (Å²) >= 11 is 0. The van der Waals surface area contributed by atoms with E-state index < -0.39 is 17.4 Å². The molecule has 174 valence electrons. The lowest BCUT2D eigenvalue weighted by Crippen LogP contribution is -2.56. The average molecular weight is 425 g/mol. The molecular weight excluding hydrogens is 380 g/mol. The average Bonchev–Trinajstić information content (AvgIpc) is 2.67. The molecule has 0 aromatic rings. The quantitative estimate of drug-likeness (QED) is 0.422. The third-order valence-corrected chi connectivity index (χ3v) is 6.07. The van der Waals surface area contributed by atoms with Gasteiger partial charge >= 0.3 is 5.97 Å². The van der Waals surface area contributed by atoms with Crippen LogP contribution in [0.1, 0.15) is 87.5 Å². The van der Waals surface area contributed by atoms with E-state index in [0.717, 1.165) is 32.1 Å². The van der Waals surface area contributed by atoms with Gasteiger partial charge in [-0.15, -0.1) is 0 Å². The summed E-state index contributed by atoms with van der Waals surface area (Å²) in [5, 5.41) is 12.3. The van der Waals surface area contributed by atoms with Crippen molar-refractivity contribution >= 4 is 17.8 Å². The van der Waals surface area contributed by atoms with Crippen LogP contribution in [0.5, 0.6) is 0 Å². The van der Waals surface area contributed by atoms with Gasteiger partial charge < -0.3 is 15.3 Å². The van der Waals surface area contributed by atoms with E-state index in [2.05, 4.69) is 19.2 Å². The number of likely N-dealkylation sites (N-methyl/N-ethyl adjacent to an activating group) is 1. The fraction of sp³-hybridized carbons (Fsp3) is 0.792. The van der Waals surface area contributed by atoms with Crippen molar-refractivity contribution in [1.82, 2.24) is 10.2 Å². The minimum absolute atomic E-state index is 0.0340. The number of aliphatic carboxylic acids is 1. The number of carbonyl (C=O) groups is 3. The van der Waals surface area contributed by atoms with E-state index in [1.807, 2.05) is 34.6 Å². The zero-order valence-corrected chi connectivity index (χ0v) is 20.5. The molecular formula is C24H44N2O4. The van der Waals surface area contributed by atoms with Gasteiger partial charge in [-0.25, -0.2) is 4.79 Å². The van der Waals surface area contributed by atoms with Crippen LogP contribution >= 0.6 is 0 Å². The lowest BCUT2D eigenvalue weighted by Gasteiger charge is -2.37. The number of carboxylic acid groups (broad SMARTS) is 1. The van der Waals surface area contributed by atoms with Gasteiger partial charge in [0.05, 0.1) is 6.04 Å². The number of nitrogens with one attached hydrogen (secondary N) is 1. The molecule has 0 aliphatic heterocycles. The summed E-state index contributed by atoms with van der Waals surface area (Å²) in [6.07, 6.45) is 5.78. The molecule has 2 amide bonds. The Morgan fingerprint density at radius 1 is 1.00 bits per heavy atom. The molecule has 0 radical (unpaired) electrons. The number of carboxylic acids is 1. The van der Waals surface area contributed by atoms with Crippen molar-refractivity contribution < 1.29 is 19.5 Å². The van der Waals surface area contributed by atoms with Crippen LogP contribution in [-0.2, 0) is 14.4 Å². The monoisotopic (exact) mass is 424 g/mol. The predicted octanol–water partition coefficient (Wildman–Crippen LogP) is 4.64. The Morgan fingerprint density at radius 2 is 1.50 bits per heavy atom. The summed E-state index contributed by atoms with van der Waals surface area (Å²) in [4.78, 5) is 39.6. The van der Waals surface area contributed by atoms with E-state index in [-0.39, 0.29) is 35.3 Å². The molecule has 0 rings (SSSR count). The molecule has 6 nitrogen and oxygen atoms in total. The van der Waals surface area contributed by atoms with E-state index in [0.29, 0.717) is 0 Å². The van der Waals surface area contributed by atoms with Gasteiger partial charge in [-0.1, -0.05) is 67.4 Å². The fourth-order valence-electron chi connectivity index (χ4n) is 4.08. The van der Waals surface area contributed by atoms with Crippen LogP contribution in [0, 0.1) is 17.3 Å². The van der Waals surface area contributed by atoms with Crippen LogP contribution in [0.2, 0.25) is 0 Å². The molecule has 30 heavy (non-hydrogen) atoms. The van der Waals surface area contributed by atoms with Crippen molar-refractivity contribution in [3.8, 4) is 0 Å². The number of hydrogen-bond acceptors (Lipinski definition) is 3. The van der Waals surface area contributed by atoms with Gasteiger partial charge in [0.1, 0.15) is 6.04 Å². The topological polar surface area (TPSA) is 86.7 Å². The maximum absolute atomic E-state index is 13.4. The zero-order valence-electron chi connectivity index (χ0n) is 20.5. The molecule has 0 unspecified atom stereocenters. The second-order valence-corrected chi connectivity index (χ2v) is 9.17. The van der Waals surface area contributed by atoms with Crippen molar-refractivity contribution in [3.63, 3.8) is 0 Å². The van der Waals surface area contributed by atoms with Gasteiger partial charge in [-0.05, 0) is 38.0 Å². The molecule has 2 N–H and O–H groups in total. The standard InChI is InChI=1S/C24H44N2O4/c1-10-13-24(12-3,14-11-2)23(30)25-20(17(6)7)21(27)26(9)19(16(4)5)15-18(8)22(28)29/h15-17,19-20H,10-14H2,1-9H3,(H,25,30)(H,28,29)/b18-15+/t19-,20+/m1/s1. The summed E-state index contributed by atoms with van der Waals surface area (Å²) in [5.74, 6) is -1.29. The fourth-order valence-corrected chi connectivity index (χ4v) is 4.08. The van der Waals surface area contributed by atoms with Crippen molar-refractivity contribution in [2.75, 3.05) is 7.05 Å². The second-order valence-electron chi connectivity index (χ2n) is 9.17. The van der Waals surface area contributed by atoms with Gasteiger partial charge in [0, 0.05) is 18.0 Å². The predicted molar refractivity (Wildman–Crippen MR) is 122 cm³/mol. The summed E-state index contributed by atoms with van der Waals surface area (Å²) in [6, 6.07) is -1.02. The number of nitrogens with zero attached hydrogens (tertiary/aromatic N) is 1. The van der Waals surface area contributed by atoms with Crippen molar-refractivity contribution in [3.05, 3.63) is 11.6 Å². The number of amides is 2. The molecule has 0 saturated carbocycles. The van der Waals surface area contributed by atoms with Crippen LogP contribution in [0.15, 0.2) is 11.6 Å². The molecule has 0 aromatic carbocycles. The molecule has 2 atom stereocenters. The third-order valence-electron chi connectivity index (χ3n) is 6.07. The largest absolute Gasteiger partial charge is 0.478 e. The Kier molecular flexibility index (Phi) is 12.0. The van der Waals surface area contributed by atoms with Crippen LogP contribution in [0.4, 0.5) is 0 Å². The van der Waals surface area contributed by atoms with Crippen LogP contribution in [0.25, 0.3) is 0 Å². The Hall–Kier alpha value is -1.85. The molecule has 0 fully saturated rings. The molecule has 0 saturated heterocycles. The highest BCUT2D eigenvalue weighted by Gasteiger charge is 2.39. The first-order valence-electron chi connectivity index (χ1n) is 11.4. The normalized spacial score (nSPS) is 14.6. The Labute approximate surface area is 183 Å². The van der Waals surface area contributed by atoms with Crippen LogP contribution < -0.4 is 5.32 Å². The van der Waals surface area contributed by atoms with E-state index in [1.54, 1.807) is 18.0 Å². The molecule has 0 spiro atoms. The van der Waals surface area contributed by atoms with Crippen LogP contribution in [-0.4, -0.2) is 46.9 Å². The molecule has 6 heteroatoms. The summed E-state index contributed by atoms with van der Waals surface area (Å²) in [6.45, 7) is 15.5. The van der Waals surface area contributed by atoms with E-state index in [4.69, 9.17) is 0 Å². The Morgan fingerprint density at radius 3 is 1.83 bits per heavy atom. The van der Waals surface area contributed by atoms with Gasteiger partial charge in [0.15, 0.2) is 0 Å². The highest BCUT2D eigenvalue weighted by Crippen LogP contribution is 2.34. The lowest BCUT2D eigenvalue weighted by atomic mass is 9.75. The second kappa shape index (κ2) is 12.8. The maximum Gasteiger partial charge on any atom is 0.331 e. The number of hydrogen-bond donors (Lipinski definition) is 2. The van der Waals surface area contributed by atoms with Crippen molar-refractivity contribution in [2.45, 2.75) is 99.6 Å². The highest BCUT2D eigenvalue weighted by atomic mass is 16.4. The zero-order chi connectivity index (χ0) is 23.6. The van der Waals surface area contributed by atoms with Crippen molar-refractivity contribution in [2.24, 2.45) is 17.3 Å². The van der Waals surface area contributed by atoms with E-state index in [9.17, 15) is 19.5 Å². The number of carbonyl (C=O) groups excluding carboxylic acids is 2. The van der Waals surface area contributed by atoms with Crippen LogP contribution in [0.3, 0.4) is 0 Å². The lowest BCUT2D eigenvalue weighted by molar-refractivity contribution is -0.142. The minimum Gasteiger partial charge on any atom is -0.478 e. The summed E-state index contributed by atoms with van der Waals surface area (Å²) < 4.78 is 0. The third kappa shape index (κ3) is 7.44. The molecule has 0 bridgehead atoms. The van der Waals surface area contributed by atoms with Gasteiger partial charge in [0.2, 0.25) is 11.8 Å². The SMILES string of the molecule is CCCC(CC)(CCC)C(=O)N[C@H](C(=O)N(C)[C@H](/C=C(\C)C(=O)O)C(C)C)C(C)C. The minimum atomic E-state index is -0.998. The first kappa shape index (κ1) is 28.1. The molecule has 0 aliphatic rings. The Bertz CT molecular complexity index is 604. The van der Waals surface area contributed by atoms with Crippen molar-refractivity contribution in [1.29, 1.82) is 0 Å². The van der Waals surface area contributed by atoms with Gasteiger partial charge in [-0.3, -0.25) is 9.59 Å². The van der Waals surface area contributed by atoms with E-state index in [1.165, 1.54) is 6.92 Å². The van der Waals surface area contributed by atoms with Gasteiger partial charge in [-0.2, -0.15) is 0 Å². The maximum atomic E-state index is 13.4. The first-order chi connectivity index (χ1) is 13.9. The number of rotatable bonds is 13. The van der Waals surface area contributed by atoms with E-state index >= 15 is 0 Å². The summed E-state index contributed by atoms with van der Waals surface area (Å²) in [5.41, 5.74) is -0.249. The van der Waals surface area contributed by atoms with Gasteiger partial charge in [0.25, 0.3) is 0 Å². The first-order valence-corrected chi connectivity index (χ1v) is 11.4. The highest BCUT2D eigenvalue weighted by molar-refractivity contribution is 5.91.